The molecule has 3 rings (SSSR count). The maximum atomic E-state index is 13.6. The number of hydrogen-bond acceptors (Lipinski definition) is 5. The molecule has 0 saturated carbocycles. The highest BCUT2D eigenvalue weighted by molar-refractivity contribution is 5.94. The van der Waals surface area contributed by atoms with Crippen LogP contribution in [0.3, 0.4) is 0 Å². The second-order valence-corrected chi connectivity index (χ2v) is 6.20. The van der Waals surface area contributed by atoms with E-state index in [1.807, 2.05) is 25.1 Å². The number of anilines is 1. The summed E-state index contributed by atoms with van der Waals surface area (Å²) in [6, 6.07) is 13.0. The zero-order chi connectivity index (χ0) is 18.7. The van der Waals surface area contributed by atoms with Crippen LogP contribution < -0.4 is 5.32 Å². The SMILES string of the molecule is CN(C)C(CNc1ccc2ncccc2c1[N+](=O)[O-])c1cccc(F)c1. The van der Waals surface area contributed by atoms with Crippen molar-refractivity contribution in [3.05, 3.63) is 76.2 Å². The molecular weight excluding hydrogens is 335 g/mol. The normalized spacial score (nSPS) is 12.3. The van der Waals surface area contributed by atoms with Crippen LogP contribution in [0.1, 0.15) is 11.6 Å². The second-order valence-electron chi connectivity index (χ2n) is 6.20. The van der Waals surface area contributed by atoms with E-state index in [1.54, 1.807) is 36.5 Å². The molecule has 6 nitrogen and oxygen atoms in total. The Bertz CT molecular complexity index is 946. The Labute approximate surface area is 150 Å². The first-order valence-corrected chi connectivity index (χ1v) is 8.15. The molecular formula is C19H19FN4O2. The van der Waals surface area contributed by atoms with Gasteiger partial charge in [0.05, 0.1) is 21.9 Å². The van der Waals surface area contributed by atoms with Gasteiger partial charge in [-0.2, -0.15) is 0 Å². The largest absolute Gasteiger partial charge is 0.378 e. The average molecular weight is 354 g/mol. The van der Waals surface area contributed by atoms with E-state index in [1.165, 1.54) is 12.1 Å². The van der Waals surface area contributed by atoms with Gasteiger partial charge in [-0.1, -0.05) is 12.1 Å². The monoisotopic (exact) mass is 354 g/mol. The molecule has 7 heteroatoms. The van der Waals surface area contributed by atoms with Crippen molar-refractivity contribution in [2.75, 3.05) is 26.0 Å². The van der Waals surface area contributed by atoms with Gasteiger partial charge < -0.3 is 10.2 Å². The molecule has 0 aliphatic rings. The minimum atomic E-state index is -0.404. The van der Waals surface area contributed by atoms with Crippen molar-refractivity contribution in [2.45, 2.75) is 6.04 Å². The number of nitro groups is 1. The number of halogens is 1. The van der Waals surface area contributed by atoms with E-state index in [9.17, 15) is 14.5 Å². The van der Waals surface area contributed by atoms with Gasteiger partial charge in [0, 0.05) is 12.7 Å². The van der Waals surface area contributed by atoms with Crippen molar-refractivity contribution >= 4 is 22.3 Å². The first-order valence-electron chi connectivity index (χ1n) is 8.15. The number of nitrogens with one attached hydrogen (secondary N) is 1. The van der Waals surface area contributed by atoms with Crippen molar-refractivity contribution in [1.29, 1.82) is 0 Å². The molecule has 0 aliphatic carbocycles. The van der Waals surface area contributed by atoms with Gasteiger partial charge in [-0.15, -0.1) is 0 Å². The van der Waals surface area contributed by atoms with E-state index in [-0.39, 0.29) is 17.5 Å². The van der Waals surface area contributed by atoms with Gasteiger partial charge in [0.25, 0.3) is 0 Å². The lowest BCUT2D eigenvalue weighted by atomic mass is 10.1. The highest BCUT2D eigenvalue weighted by atomic mass is 19.1. The molecule has 3 aromatic rings. The fourth-order valence-electron chi connectivity index (χ4n) is 3.00. The Morgan fingerprint density at radius 2 is 2.04 bits per heavy atom. The van der Waals surface area contributed by atoms with Gasteiger partial charge in [-0.05, 0) is 56.1 Å². The van der Waals surface area contributed by atoms with Crippen LogP contribution in [0.2, 0.25) is 0 Å². The maximum absolute atomic E-state index is 13.6. The van der Waals surface area contributed by atoms with Gasteiger partial charge in [0.2, 0.25) is 0 Å². The van der Waals surface area contributed by atoms with Crippen molar-refractivity contribution in [2.24, 2.45) is 0 Å². The van der Waals surface area contributed by atoms with Gasteiger partial charge >= 0.3 is 5.69 Å². The van der Waals surface area contributed by atoms with E-state index >= 15 is 0 Å². The molecule has 134 valence electrons. The van der Waals surface area contributed by atoms with Crippen molar-refractivity contribution < 1.29 is 9.31 Å². The van der Waals surface area contributed by atoms with Crippen LogP contribution in [0, 0.1) is 15.9 Å². The minimum Gasteiger partial charge on any atom is -0.378 e. The number of pyridine rings is 1. The molecule has 0 aliphatic heterocycles. The Morgan fingerprint density at radius 3 is 2.73 bits per heavy atom. The molecule has 1 atom stereocenters. The van der Waals surface area contributed by atoms with Gasteiger partial charge in [0.1, 0.15) is 11.5 Å². The molecule has 0 saturated heterocycles. The summed E-state index contributed by atoms with van der Waals surface area (Å²) in [6.45, 7) is 0.392. The smallest absolute Gasteiger partial charge is 0.301 e. The highest BCUT2D eigenvalue weighted by Crippen LogP contribution is 2.33. The number of benzene rings is 2. The lowest BCUT2D eigenvalue weighted by Gasteiger charge is -2.25. The van der Waals surface area contributed by atoms with E-state index in [0.717, 1.165) is 5.56 Å². The minimum absolute atomic E-state index is 0.00708. The molecule has 0 amide bonds. The topological polar surface area (TPSA) is 71.3 Å². The standard InChI is InChI=1S/C19H19FN4O2/c1-23(2)18(13-5-3-6-14(20)11-13)12-22-17-9-8-16-15(7-4-10-21-16)19(17)24(25)26/h3-11,18,22H,12H2,1-2H3. The van der Waals surface area contributed by atoms with Gasteiger partial charge in [-0.25, -0.2) is 4.39 Å². The fourth-order valence-corrected chi connectivity index (χ4v) is 3.00. The molecule has 0 radical (unpaired) electrons. The molecule has 0 fully saturated rings. The van der Waals surface area contributed by atoms with Crippen molar-refractivity contribution in [3.63, 3.8) is 0 Å². The average Bonchev–Trinajstić information content (AvgIpc) is 2.61. The highest BCUT2D eigenvalue weighted by Gasteiger charge is 2.21. The van der Waals surface area contributed by atoms with Crippen LogP contribution in [-0.2, 0) is 0 Å². The Kier molecular flexibility index (Phi) is 5.09. The zero-order valence-corrected chi connectivity index (χ0v) is 14.5. The fraction of sp³-hybridized carbons (Fsp3) is 0.211. The Hall–Kier alpha value is -3.06. The number of hydrogen-bond donors (Lipinski definition) is 1. The number of nitrogens with zero attached hydrogens (tertiary/aromatic N) is 3. The zero-order valence-electron chi connectivity index (χ0n) is 14.5. The molecule has 1 aromatic heterocycles. The number of likely N-dealkylation sites (N-methyl/N-ethyl adjacent to an activating group) is 1. The van der Waals surface area contributed by atoms with Crippen LogP contribution >= 0.6 is 0 Å². The summed E-state index contributed by atoms with van der Waals surface area (Å²) >= 11 is 0. The summed E-state index contributed by atoms with van der Waals surface area (Å²) in [5, 5.41) is 15.2. The van der Waals surface area contributed by atoms with Crippen LogP contribution in [0.5, 0.6) is 0 Å². The summed E-state index contributed by atoms with van der Waals surface area (Å²) in [5.74, 6) is -0.308. The predicted octanol–water partition coefficient (Wildman–Crippen LogP) is 4.00. The Balaban J connectivity index is 1.93. The van der Waals surface area contributed by atoms with Crippen LogP contribution in [0.4, 0.5) is 15.8 Å². The number of nitro benzene ring substituents is 1. The number of rotatable bonds is 6. The lowest BCUT2D eigenvalue weighted by molar-refractivity contribution is -0.382. The van der Waals surface area contributed by atoms with Crippen LogP contribution in [0.15, 0.2) is 54.7 Å². The molecule has 0 spiro atoms. The third-order valence-corrected chi connectivity index (χ3v) is 4.28. The third kappa shape index (κ3) is 3.62. The predicted molar refractivity (Wildman–Crippen MR) is 99.7 cm³/mol. The summed E-state index contributed by atoms with van der Waals surface area (Å²) in [4.78, 5) is 17.3. The number of aromatic nitrogens is 1. The quantitative estimate of drug-likeness (QED) is 0.535. The summed E-state index contributed by atoms with van der Waals surface area (Å²) < 4.78 is 13.6. The molecule has 0 bridgehead atoms. The molecule has 2 aromatic carbocycles. The van der Waals surface area contributed by atoms with Crippen molar-refractivity contribution in [1.82, 2.24) is 9.88 Å². The third-order valence-electron chi connectivity index (χ3n) is 4.28. The van der Waals surface area contributed by atoms with Crippen molar-refractivity contribution in [3.8, 4) is 0 Å². The summed E-state index contributed by atoms with van der Waals surface area (Å²) in [6.07, 6.45) is 1.60. The first-order chi connectivity index (χ1) is 12.5. The second kappa shape index (κ2) is 7.45. The lowest BCUT2D eigenvalue weighted by Crippen LogP contribution is -2.27. The van der Waals surface area contributed by atoms with E-state index in [2.05, 4.69) is 10.3 Å². The molecule has 1 N–H and O–H groups in total. The molecule has 1 heterocycles. The Morgan fingerprint density at radius 1 is 1.23 bits per heavy atom. The van der Waals surface area contributed by atoms with Gasteiger partial charge in [0.15, 0.2) is 0 Å². The van der Waals surface area contributed by atoms with Gasteiger partial charge in [-0.3, -0.25) is 15.1 Å². The van der Waals surface area contributed by atoms with E-state index in [4.69, 9.17) is 0 Å². The number of fused-ring (bicyclic) bond motifs is 1. The van der Waals surface area contributed by atoms with Crippen LogP contribution in [-0.4, -0.2) is 35.4 Å². The van der Waals surface area contributed by atoms with Crippen LogP contribution in [0.25, 0.3) is 10.9 Å². The molecule has 26 heavy (non-hydrogen) atoms. The van der Waals surface area contributed by atoms with E-state index in [0.29, 0.717) is 23.1 Å². The first kappa shape index (κ1) is 17.8. The summed E-state index contributed by atoms with van der Waals surface area (Å²) in [5.41, 5.74) is 1.78. The van der Waals surface area contributed by atoms with E-state index < -0.39 is 4.92 Å². The summed E-state index contributed by atoms with van der Waals surface area (Å²) in [7, 11) is 3.77. The molecule has 1 unspecified atom stereocenters. The maximum Gasteiger partial charge on any atom is 0.301 e.